The van der Waals surface area contributed by atoms with Gasteiger partial charge in [0.1, 0.15) is 0 Å². The molecule has 2 N–H and O–H groups in total. The lowest BCUT2D eigenvalue weighted by Crippen LogP contribution is -2.08. The van der Waals surface area contributed by atoms with Crippen molar-refractivity contribution >= 4 is 27.7 Å². The molecule has 1 rings (SSSR count). The molecule has 0 heterocycles. The fourth-order valence-electron chi connectivity index (χ4n) is 1.21. The molecule has 0 spiro atoms. The van der Waals surface area contributed by atoms with Crippen LogP contribution in [0.2, 0.25) is 0 Å². The van der Waals surface area contributed by atoms with E-state index in [1.54, 1.807) is 0 Å². The maximum absolute atomic E-state index is 5.83. The highest BCUT2D eigenvalue weighted by atomic mass is 79.9. The molecule has 0 saturated heterocycles. The number of rotatable bonds is 2. The molecule has 1 atom stereocenters. The number of thioether (sulfide) groups is 1. The van der Waals surface area contributed by atoms with Gasteiger partial charge < -0.3 is 5.73 Å². The predicted octanol–water partition coefficient (Wildman–Crippen LogP) is 4.36. The van der Waals surface area contributed by atoms with Gasteiger partial charge in [-0.15, -0.1) is 11.8 Å². The number of nitrogens with two attached hydrogens (primary N) is 1. The summed E-state index contributed by atoms with van der Waals surface area (Å²) in [5.74, 6) is 0. The van der Waals surface area contributed by atoms with E-state index < -0.39 is 0 Å². The van der Waals surface area contributed by atoms with E-state index in [1.165, 1.54) is 10.5 Å². The molecule has 3 heteroatoms. The number of halogens is 1. The van der Waals surface area contributed by atoms with Gasteiger partial charge in [0.2, 0.25) is 0 Å². The van der Waals surface area contributed by atoms with Gasteiger partial charge in [-0.05, 0) is 40.5 Å². The molecular formula is C12H18BrNS. The minimum atomic E-state index is 0.0926. The fourth-order valence-corrected chi connectivity index (χ4v) is 2.80. The summed E-state index contributed by atoms with van der Waals surface area (Å²) in [7, 11) is 0. The Bertz CT molecular complexity index is 342. The van der Waals surface area contributed by atoms with Gasteiger partial charge in [-0.3, -0.25) is 0 Å². The third-order valence-electron chi connectivity index (χ3n) is 1.90. The quantitative estimate of drug-likeness (QED) is 0.818. The number of hydrogen-bond donors (Lipinski definition) is 1. The molecule has 0 aliphatic carbocycles. The summed E-state index contributed by atoms with van der Waals surface area (Å²) in [5, 5.41) is 0. The molecule has 84 valence electrons. The number of hydrogen-bond acceptors (Lipinski definition) is 2. The Kier molecular flexibility index (Phi) is 4.27. The van der Waals surface area contributed by atoms with Gasteiger partial charge >= 0.3 is 0 Å². The molecule has 1 nitrogen and oxygen atoms in total. The minimum Gasteiger partial charge on any atom is -0.324 e. The van der Waals surface area contributed by atoms with Crippen molar-refractivity contribution in [3.63, 3.8) is 0 Å². The first kappa shape index (κ1) is 13.1. The van der Waals surface area contributed by atoms with Gasteiger partial charge in [-0.1, -0.05) is 26.8 Å². The van der Waals surface area contributed by atoms with E-state index in [9.17, 15) is 0 Å². The van der Waals surface area contributed by atoms with Crippen molar-refractivity contribution in [2.24, 2.45) is 5.73 Å². The van der Waals surface area contributed by atoms with Crippen molar-refractivity contribution in [3.05, 3.63) is 28.2 Å². The first-order chi connectivity index (χ1) is 6.79. The van der Waals surface area contributed by atoms with Gasteiger partial charge in [-0.25, -0.2) is 0 Å². The molecule has 1 aromatic carbocycles. The van der Waals surface area contributed by atoms with Crippen LogP contribution in [0.3, 0.4) is 0 Å². The van der Waals surface area contributed by atoms with Crippen LogP contribution in [0.1, 0.15) is 39.3 Å². The summed E-state index contributed by atoms with van der Waals surface area (Å²) < 4.78 is 1.37. The van der Waals surface area contributed by atoms with Gasteiger partial charge in [0.15, 0.2) is 0 Å². The molecule has 0 bridgehead atoms. The highest BCUT2D eigenvalue weighted by Crippen LogP contribution is 2.37. The Morgan fingerprint density at radius 2 is 1.93 bits per heavy atom. The third-order valence-corrected chi connectivity index (χ3v) is 4.00. The molecule has 0 aromatic heterocycles. The predicted molar refractivity (Wildman–Crippen MR) is 72.4 cm³/mol. The van der Waals surface area contributed by atoms with Crippen LogP contribution >= 0.6 is 27.7 Å². The van der Waals surface area contributed by atoms with Crippen LogP contribution in [0.4, 0.5) is 0 Å². The smallest absolute Gasteiger partial charge is 0.0314 e. The van der Waals surface area contributed by atoms with E-state index in [2.05, 4.69) is 54.9 Å². The summed E-state index contributed by atoms with van der Waals surface area (Å²) in [6.07, 6.45) is 0. The van der Waals surface area contributed by atoms with Gasteiger partial charge in [0.05, 0.1) is 0 Å². The van der Waals surface area contributed by atoms with E-state index in [1.807, 2.05) is 18.7 Å². The van der Waals surface area contributed by atoms with Crippen LogP contribution in [0.25, 0.3) is 0 Å². The zero-order valence-corrected chi connectivity index (χ0v) is 12.1. The molecule has 1 aromatic rings. The van der Waals surface area contributed by atoms with Gasteiger partial charge in [0, 0.05) is 20.2 Å². The summed E-state index contributed by atoms with van der Waals surface area (Å²) in [4.78, 5) is 1.27. The SMILES string of the molecule is CC(N)c1ccc(SC(C)(C)C)c(Br)c1. The average Bonchev–Trinajstić information content (AvgIpc) is 2.05. The molecular weight excluding hydrogens is 270 g/mol. The van der Waals surface area contributed by atoms with Crippen molar-refractivity contribution in [3.8, 4) is 0 Å². The van der Waals surface area contributed by atoms with Crippen molar-refractivity contribution in [2.75, 3.05) is 0 Å². The zero-order valence-electron chi connectivity index (χ0n) is 9.67. The average molecular weight is 288 g/mol. The highest BCUT2D eigenvalue weighted by Gasteiger charge is 2.14. The van der Waals surface area contributed by atoms with E-state index in [0.717, 1.165) is 4.47 Å². The lowest BCUT2D eigenvalue weighted by atomic mass is 10.1. The standard InChI is InChI=1S/C12H18BrNS/c1-8(14)9-5-6-11(10(13)7-9)15-12(2,3)4/h5-8H,14H2,1-4H3. The Balaban J connectivity index is 2.94. The maximum atomic E-state index is 5.83. The third kappa shape index (κ3) is 4.17. The Labute approximate surface area is 105 Å². The van der Waals surface area contributed by atoms with Crippen molar-refractivity contribution < 1.29 is 0 Å². The highest BCUT2D eigenvalue weighted by molar-refractivity contribution is 9.10. The summed E-state index contributed by atoms with van der Waals surface area (Å²) in [6, 6.07) is 6.44. The molecule has 0 fully saturated rings. The first-order valence-corrected chi connectivity index (χ1v) is 6.64. The molecule has 1 unspecified atom stereocenters. The largest absolute Gasteiger partial charge is 0.324 e. The Hall–Kier alpha value is 0.01000. The van der Waals surface area contributed by atoms with Crippen LogP contribution in [-0.2, 0) is 0 Å². The molecule has 0 aliphatic rings. The summed E-state index contributed by atoms with van der Waals surface area (Å²) in [6.45, 7) is 8.63. The zero-order chi connectivity index (χ0) is 11.6. The Morgan fingerprint density at radius 3 is 2.33 bits per heavy atom. The lowest BCUT2D eigenvalue weighted by Gasteiger charge is -2.19. The fraction of sp³-hybridized carbons (Fsp3) is 0.500. The van der Waals surface area contributed by atoms with Crippen LogP contribution < -0.4 is 5.73 Å². The molecule has 15 heavy (non-hydrogen) atoms. The van der Waals surface area contributed by atoms with Gasteiger partial charge in [0.25, 0.3) is 0 Å². The van der Waals surface area contributed by atoms with Crippen LogP contribution in [-0.4, -0.2) is 4.75 Å². The van der Waals surface area contributed by atoms with Crippen molar-refractivity contribution in [1.29, 1.82) is 0 Å². The number of benzene rings is 1. The second-order valence-corrected chi connectivity index (χ2v) is 7.42. The maximum Gasteiger partial charge on any atom is 0.0314 e. The van der Waals surface area contributed by atoms with Crippen molar-refractivity contribution in [1.82, 2.24) is 0 Å². The second kappa shape index (κ2) is 4.89. The lowest BCUT2D eigenvalue weighted by molar-refractivity contribution is 0.800. The molecule has 0 saturated carbocycles. The summed E-state index contributed by atoms with van der Waals surface area (Å²) in [5.41, 5.74) is 7.00. The minimum absolute atomic E-state index is 0.0926. The Morgan fingerprint density at radius 1 is 1.33 bits per heavy atom. The van der Waals surface area contributed by atoms with E-state index in [0.29, 0.717) is 0 Å². The van der Waals surface area contributed by atoms with E-state index in [-0.39, 0.29) is 10.8 Å². The van der Waals surface area contributed by atoms with Gasteiger partial charge in [-0.2, -0.15) is 0 Å². The molecule has 0 amide bonds. The normalized spacial score (nSPS) is 14.0. The van der Waals surface area contributed by atoms with Crippen LogP contribution in [0.5, 0.6) is 0 Å². The molecule has 0 radical (unpaired) electrons. The molecule has 0 aliphatic heterocycles. The van der Waals surface area contributed by atoms with Crippen LogP contribution in [0, 0.1) is 0 Å². The topological polar surface area (TPSA) is 26.0 Å². The summed E-state index contributed by atoms with van der Waals surface area (Å²) >= 11 is 5.45. The monoisotopic (exact) mass is 287 g/mol. The second-order valence-electron chi connectivity index (χ2n) is 4.69. The van der Waals surface area contributed by atoms with Crippen molar-refractivity contribution in [2.45, 2.75) is 43.4 Å². The first-order valence-electron chi connectivity index (χ1n) is 5.03. The van der Waals surface area contributed by atoms with E-state index in [4.69, 9.17) is 5.73 Å². The van der Waals surface area contributed by atoms with Crippen LogP contribution in [0.15, 0.2) is 27.6 Å². The van der Waals surface area contributed by atoms with E-state index >= 15 is 0 Å².